The number of aromatic amines is 1. The number of amides is 1. The maximum Gasteiger partial charge on any atom is 0.234 e. The number of imidazole rings is 1. The predicted molar refractivity (Wildman–Crippen MR) is 94.0 cm³/mol. The van der Waals surface area contributed by atoms with Crippen LogP contribution in [0.4, 0.5) is 11.4 Å². The Morgan fingerprint density at radius 3 is 2.74 bits per heavy atom. The molecule has 3 aromatic rings. The summed E-state index contributed by atoms with van der Waals surface area (Å²) in [6.07, 6.45) is 3.42. The maximum atomic E-state index is 12.0. The number of H-pyrrole nitrogens is 1. The highest BCUT2D eigenvalue weighted by atomic mass is 32.2. The number of pyridine rings is 1. The van der Waals surface area contributed by atoms with Crippen LogP contribution >= 0.6 is 11.8 Å². The SMILES string of the molecule is CN(C)c1ccc(NC(=O)CSc2nc3ccncc3[nH]2)cc1. The molecule has 0 aliphatic carbocycles. The summed E-state index contributed by atoms with van der Waals surface area (Å²) in [6, 6.07) is 9.56. The minimum absolute atomic E-state index is 0.0637. The van der Waals surface area contributed by atoms with Crippen molar-refractivity contribution in [1.29, 1.82) is 0 Å². The van der Waals surface area contributed by atoms with Crippen LogP contribution in [0.1, 0.15) is 0 Å². The van der Waals surface area contributed by atoms with E-state index in [1.807, 2.05) is 49.3 Å². The highest BCUT2D eigenvalue weighted by molar-refractivity contribution is 7.99. The Morgan fingerprint density at radius 2 is 2.04 bits per heavy atom. The molecule has 0 bridgehead atoms. The van der Waals surface area contributed by atoms with Gasteiger partial charge in [0.25, 0.3) is 0 Å². The number of nitrogens with zero attached hydrogens (tertiary/aromatic N) is 3. The van der Waals surface area contributed by atoms with Gasteiger partial charge in [0.2, 0.25) is 5.91 Å². The summed E-state index contributed by atoms with van der Waals surface area (Å²) in [4.78, 5) is 25.6. The average Bonchev–Trinajstić information content (AvgIpc) is 2.96. The fourth-order valence-electron chi connectivity index (χ4n) is 2.08. The van der Waals surface area contributed by atoms with Crippen LogP contribution in [0.3, 0.4) is 0 Å². The number of fused-ring (bicyclic) bond motifs is 1. The summed E-state index contributed by atoms with van der Waals surface area (Å²) in [7, 11) is 3.96. The molecule has 0 spiro atoms. The molecular weight excluding hydrogens is 310 g/mol. The molecule has 2 aromatic heterocycles. The summed E-state index contributed by atoms with van der Waals surface area (Å²) in [5, 5.41) is 3.59. The predicted octanol–water partition coefficient (Wildman–Crippen LogP) is 2.75. The van der Waals surface area contributed by atoms with Crippen molar-refractivity contribution < 1.29 is 4.79 Å². The molecule has 0 fully saturated rings. The van der Waals surface area contributed by atoms with Crippen LogP contribution < -0.4 is 10.2 Å². The van der Waals surface area contributed by atoms with Crippen LogP contribution in [0.2, 0.25) is 0 Å². The van der Waals surface area contributed by atoms with Crippen LogP contribution in [0.5, 0.6) is 0 Å². The number of carbonyl (C=O) groups excluding carboxylic acids is 1. The van der Waals surface area contributed by atoms with Gasteiger partial charge in [-0.05, 0) is 30.3 Å². The Bertz CT molecular complexity index is 780. The largest absolute Gasteiger partial charge is 0.378 e. The molecule has 0 radical (unpaired) electrons. The zero-order valence-electron chi connectivity index (χ0n) is 12.9. The third-order valence-corrected chi connectivity index (χ3v) is 4.14. The Balaban J connectivity index is 1.56. The van der Waals surface area contributed by atoms with E-state index >= 15 is 0 Å². The summed E-state index contributed by atoms with van der Waals surface area (Å²) >= 11 is 1.37. The molecule has 0 saturated heterocycles. The summed E-state index contributed by atoms with van der Waals surface area (Å²) in [5.41, 5.74) is 3.60. The Morgan fingerprint density at radius 1 is 1.26 bits per heavy atom. The van der Waals surface area contributed by atoms with Crippen molar-refractivity contribution in [2.75, 3.05) is 30.1 Å². The first-order valence-corrected chi connectivity index (χ1v) is 8.10. The fourth-order valence-corrected chi connectivity index (χ4v) is 2.76. The standard InChI is InChI=1S/C16H17N5OS/c1-21(2)12-5-3-11(4-6-12)18-15(22)10-23-16-19-13-7-8-17-9-14(13)20-16/h3-9H,10H2,1-2H3,(H,18,22)(H,19,20). The molecule has 0 saturated carbocycles. The monoisotopic (exact) mass is 327 g/mol. The molecule has 1 aromatic carbocycles. The van der Waals surface area contributed by atoms with Crippen LogP contribution in [-0.4, -0.2) is 40.7 Å². The van der Waals surface area contributed by atoms with Crippen molar-refractivity contribution in [2.24, 2.45) is 0 Å². The Labute approximate surface area is 138 Å². The lowest BCUT2D eigenvalue weighted by Crippen LogP contribution is -2.14. The quantitative estimate of drug-likeness (QED) is 0.705. The number of anilines is 2. The highest BCUT2D eigenvalue weighted by Gasteiger charge is 2.07. The number of benzene rings is 1. The minimum atomic E-state index is -0.0637. The molecule has 3 rings (SSSR count). The molecule has 118 valence electrons. The fraction of sp³-hybridized carbons (Fsp3) is 0.188. The van der Waals surface area contributed by atoms with Crippen molar-refractivity contribution >= 4 is 40.1 Å². The number of rotatable bonds is 5. The molecule has 7 heteroatoms. The van der Waals surface area contributed by atoms with E-state index in [0.717, 1.165) is 22.4 Å². The molecule has 0 unspecified atom stereocenters. The number of carbonyl (C=O) groups is 1. The lowest BCUT2D eigenvalue weighted by Gasteiger charge is -2.12. The van der Waals surface area contributed by atoms with E-state index in [1.165, 1.54) is 11.8 Å². The van der Waals surface area contributed by atoms with Gasteiger partial charge in [0.1, 0.15) is 0 Å². The lowest BCUT2D eigenvalue weighted by atomic mass is 10.2. The second-order valence-corrected chi connectivity index (χ2v) is 6.18. The zero-order valence-corrected chi connectivity index (χ0v) is 13.7. The molecule has 1 amide bonds. The van der Waals surface area contributed by atoms with Crippen LogP contribution in [0, 0.1) is 0 Å². The van der Waals surface area contributed by atoms with Crippen LogP contribution in [0.25, 0.3) is 11.0 Å². The zero-order chi connectivity index (χ0) is 16.2. The normalized spacial score (nSPS) is 10.7. The van der Waals surface area contributed by atoms with E-state index in [9.17, 15) is 4.79 Å². The van der Waals surface area contributed by atoms with E-state index < -0.39 is 0 Å². The number of aromatic nitrogens is 3. The Kier molecular flexibility index (Phi) is 4.47. The van der Waals surface area contributed by atoms with Crippen LogP contribution in [-0.2, 0) is 4.79 Å². The second kappa shape index (κ2) is 6.70. The summed E-state index contributed by atoms with van der Waals surface area (Å²) < 4.78 is 0. The first kappa shape index (κ1) is 15.4. The summed E-state index contributed by atoms with van der Waals surface area (Å²) in [6.45, 7) is 0. The van der Waals surface area contributed by atoms with Crippen molar-refractivity contribution in [3.8, 4) is 0 Å². The molecule has 6 nitrogen and oxygen atoms in total. The van der Waals surface area contributed by atoms with Crippen molar-refractivity contribution in [3.63, 3.8) is 0 Å². The van der Waals surface area contributed by atoms with E-state index in [2.05, 4.69) is 20.3 Å². The van der Waals surface area contributed by atoms with Gasteiger partial charge in [0.15, 0.2) is 5.16 Å². The average molecular weight is 327 g/mol. The van der Waals surface area contributed by atoms with Crippen molar-refractivity contribution in [2.45, 2.75) is 5.16 Å². The van der Waals surface area contributed by atoms with E-state index in [-0.39, 0.29) is 5.91 Å². The Hall–Kier alpha value is -2.54. The van der Waals surface area contributed by atoms with E-state index in [0.29, 0.717) is 10.9 Å². The number of nitrogens with one attached hydrogen (secondary N) is 2. The maximum absolute atomic E-state index is 12.0. The number of thioether (sulfide) groups is 1. The van der Waals surface area contributed by atoms with Gasteiger partial charge in [-0.2, -0.15) is 0 Å². The highest BCUT2D eigenvalue weighted by Crippen LogP contribution is 2.19. The van der Waals surface area contributed by atoms with Gasteiger partial charge in [-0.15, -0.1) is 0 Å². The lowest BCUT2D eigenvalue weighted by molar-refractivity contribution is -0.113. The minimum Gasteiger partial charge on any atom is -0.378 e. The van der Waals surface area contributed by atoms with Crippen molar-refractivity contribution in [3.05, 3.63) is 42.7 Å². The summed E-state index contributed by atoms with van der Waals surface area (Å²) in [5.74, 6) is 0.231. The third-order valence-electron chi connectivity index (χ3n) is 3.27. The van der Waals surface area contributed by atoms with Gasteiger partial charge in [0, 0.05) is 31.7 Å². The number of hydrogen-bond donors (Lipinski definition) is 2. The van der Waals surface area contributed by atoms with E-state index in [4.69, 9.17) is 0 Å². The molecular formula is C16H17N5OS. The molecule has 2 heterocycles. The molecule has 0 aliphatic rings. The first-order chi connectivity index (χ1) is 11.1. The van der Waals surface area contributed by atoms with Gasteiger partial charge in [-0.25, -0.2) is 4.98 Å². The molecule has 0 aliphatic heterocycles. The second-order valence-electron chi connectivity index (χ2n) is 5.21. The van der Waals surface area contributed by atoms with Gasteiger partial charge < -0.3 is 15.2 Å². The number of hydrogen-bond acceptors (Lipinski definition) is 5. The van der Waals surface area contributed by atoms with E-state index in [1.54, 1.807) is 12.4 Å². The topological polar surface area (TPSA) is 73.9 Å². The van der Waals surface area contributed by atoms with Gasteiger partial charge in [-0.1, -0.05) is 11.8 Å². The van der Waals surface area contributed by atoms with Crippen molar-refractivity contribution in [1.82, 2.24) is 15.0 Å². The van der Waals surface area contributed by atoms with Crippen LogP contribution in [0.15, 0.2) is 47.9 Å². The molecule has 0 atom stereocenters. The smallest absolute Gasteiger partial charge is 0.234 e. The van der Waals surface area contributed by atoms with Gasteiger partial charge in [0.05, 0.1) is 23.0 Å². The first-order valence-electron chi connectivity index (χ1n) is 7.11. The molecule has 23 heavy (non-hydrogen) atoms. The third kappa shape index (κ3) is 3.81. The molecule has 2 N–H and O–H groups in total. The van der Waals surface area contributed by atoms with Gasteiger partial charge >= 0.3 is 0 Å². The van der Waals surface area contributed by atoms with Gasteiger partial charge in [-0.3, -0.25) is 9.78 Å².